The molecule has 2 aromatic rings. The van der Waals surface area contributed by atoms with Crippen LogP contribution in [0.3, 0.4) is 0 Å². The van der Waals surface area contributed by atoms with Gasteiger partial charge in [-0.25, -0.2) is 4.68 Å². The van der Waals surface area contributed by atoms with Gasteiger partial charge in [0.1, 0.15) is 0 Å². The molecule has 0 radical (unpaired) electrons. The van der Waals surface area contributed by atoms with Gasteiger partial charge < -0.3 is 0 Å². The number of fused-ring (bicyclic) bond motifs is 1. The van der Waals surface area contributed by atoms with Gasteiger partial charge in [-0.1, -0.05) is 13.8 Å². The van der Waals surface area contributed by atoms with E-state index in [9.17, 15) is 18.0 Å². The summed E-state index contributed by atoms with van der Waals surface area (Å²) in [7, 11) is 0. The Morgan fingerprint density at radius 2 is 1.77 bits per heavy atom. The van der Waals surface area contributed by atoms with E-state index in [2.05, 4.69) is 5.10 Å². The summed E-state index contributed by atoms with van der Waals surface area (Å²) in [6, 6.07) is 4.81. The van der Waals surface area contributed by atoms with Crippen LogP contribution in [0.5, 0.6) is 0 Å². The number of alkyl halides is 3. The third-order valence-corrected chi connectivity index (χ3v) is 3.89. The van der Waals surface area contributed by atoms with Crippen molar-refractivity contribution in [2.75, 3.05) is 0 Å². The first-order valence-electron chi connectivity index (χ1n) is 6.95. The Morgan fingerprint density at radius 1 is 1.14 bits per heavy atom. The Labute approximate surface area is 125 Å². The molecule has 1 aromatic carbocycles. The highest BCUT2D eigenvalue weighted by Crippen LogP contribution is 2.36. The molecule has 116 valence electrons. The number of nitrogens with zero attached hydrogens (tertiary/aromatic N) is 2. The van der Waals surface area contributed by atoms with Crippen LogP contribution in [0, 0.1) is 5.41 Å². The summed E-state index contributed by atoms with van der Waals surface area (Å²) < 4.78 is 39.4. The van der Waals surface area contributed by atoms with E-state index in [1.165, 1.54) is 18.3 Å². The predicted octanol–water partition coefficient (Wildman–Crippen LogP) is 4.05. The van der Waals surface area contributed by atoms with Crippen LogP contribution in [0.15, 0.2) is 30.5 Å². The van der Waals surface area contributed by atoms with Gasteiger partial charge in [0.05, 0.1) is 28.7 Å². The Morgan fingerprint density at radius 3 is 2.36 bits per heavy atom. The fourth-order valence-electron chi connectivity index (χ4n) is 2.84. The van der Waals surface area contributed by atoms with Crippen LogP contribution in [0.2, 0.25) is 0 Å². The van der Waals surface area contributed by atoms with E-state index < -0.39 is 11.7 Å². The predicted molar refractivity (Wildman–Crippen MR) is 75.0 cm³/mol. The smallest absolute Gasteiger partial charge is 0.294 e. The highest BCUT2D eigenvalue weighted by atomic mass is 19.4. The van der Waals surface area contributed by atoms with Crippen LogP contribution in [-0.2, 0) is 12.6 Å². The summed E-state index contributed by atoms with van der Waals surface area (Å²) in [5, 5.41) is 4.19. The lowest BCUT2D eigenvalue weighted by molar-refractivity contribution is -0.137. The standard InChI is InChI=1S/C16H15F3N2O/c1-15(2)7-13-12(14(22)8-15)9-20-21(13)11-5-3-10(4-6-11)16(17,18)19/h3-6,9H,7-8H2,1-2H3. The molecule has 1 aromatic heterocycles. The van der Waals surface area contributed by atoms with Crippen LogP contribution in [0.1, 0.15) is 41.9 Å². The molecular weight excluding hydrogens is 293 g/mol. The Bertz CT molecular complexity index is 727. The van der Waals surface area contributed by atoms with Crippen molar-refractivity contribution in [1.82, 2.24) is 9.78 Å². The average molecular weight is 308 g/mol. The van der Waals surface area contributed by atoms with E-state index in [1.54, 1.807) is 4.68 Å². The van der Waals surface area contributed by atoms with E-state index in [1.807, 2.05) is 13.8 Å². The Hall–Kier alpha value is -2.11. The third-order valence-electron chi connectivity index (χ3n) is 3.89. The molecule has 0 bridgehead atoms. The molecule has 0 atom stereocenters. The van der Waals surface area contributed by atoms with Crippen molar-refractivity contribution in [3.8, 4) is 5.69 Å². The summed E-state index contributed by atoms with van der Waals surface area (Å²) in [5.74, 6) is 0.0319. The Kier molecular flexibility index (Phi) is 3.16. The maximum absolute atomic E-state index is 12.6. The van der Waals surface area contributed by atoms with Crippen molar-refractivity contribution in [2.24, 2.45) is 5.41 Å². The molecule has 3 nitrogen and oxygen atoms in total. The zero-order chi connectivity index (χ0) is 16.1. The fraction of sp³-hybridized carbons (Fsp3) is 0.375. The molecule has 0 N–H and O–H groups in total. The lowest BCUT2D eigenvalue weighted by Gasteiger charge is -2.28. The van der Waals surface area contributed by atoms with Gasteiger partial charge in [0.25, 0.3) is 0 Å². The number of Topliss-reactive ketones (excluding diaryl/α,β-unsaturated/α-hetero) is 1. The lowest BCUT2D eigenvalue weighted by atomic mass is 9.76. The molecule has 3 rings (SSSR count). The van der Waals surface area contributed by atoms with E-state index in [0.29, 0.717) is 24.1 Å². The summed E-state index contributed by atoms with van der Waals surface area (Å²) in [6.07, 6.45) is -1.74. The van der Waals surface area contributed by atoms with Gasteiger partial charge in [0, 0.05) is 6.42 Å². The molecule has 1 heterocycles. The van der Waals surface area contributed by atoms with Crippen LogP contribution in [0.4, 0.5) is 13.2 Å². The van der Waals surface area contributed by atoms with Crippen molar-refractivity contribution in [3.63, 3.8) is 0 Å². The molecule has 0 fully saturated rings. The first-order valence-corrected chi connectivity index (χ1v) is 6.95. The molecule has 0 unspecified atom stereocenters. The number of ketones is 1. The summed E-state index contributed by atoms with van der Waals surface area (Å²) in [6.45, 7) is 4.00. The van der Waals surface area contributed by atoms with Gasteiger partial charge in [0.2, 0.25) is 0 Å². The SMILES string of the molecule is CC1(C)CC(=O)c2cnn(-c3ccc(C(F)(F)F)cc3)c2C1. The number of rotatable bonds is 1. The van der Waals surface area contributed by atoms with Gasteiger partial charge in [-0.2, -0.15) is 18.3 Å². The lowest BCUT2D eigenvalue weighted by Crippen LogP contribution is -2.27. The summed E-state index contributed by atoms with van der Waals surface area (Å²) in [4.78, 5) is 12.1. The Balaban J connectivity index is 2.02. The number of halogens is 3. The van der Waals surface area contributed by atoms with Crippen LogP contribution in [0.25, 0.3) is 5.69 Å². The summed E-state index contributed by atoms with van der Waals surface area (Å²) >= 11 is 0. The average Bonchev–Trinajstić information content (AvgIpc) is 2.80. The van der Waals surface area contributed by atoms with Crippen molar-refractivity contribution in [1.29, 1.82) is 0 Å². The van der Waals surface area contributed by atoms with Crippen LogP contribution >= 0.6 is 0 Å². The molecule has 0 saturated heterocycles. The minimum atomic E-state index is -4.36. The third kappa shape index (κ3) is 2.53. The van der Waals surface area contributed by atoms with Gasteiger partial charge >= 0.3 is 6.18 Å². The number of hydrogen-bond donors (Lipinski definition) is 0. The van der Waals surface area contributed by atoms with Gasteiger partial charge in [-0.15, -0.1) is 0 Å². The summed E-state index contributed by atoms with van der Waals surface area (Å²) in [5.41, 5.74) is 0.988. The number of carbonyl (C=O) groups is 1. The fourth-order valence-corrected chi connectivity index (χ4v) is 2.84. The zero-order valence-corrected chi connectivity index (χ0v) is 12.2. The highest BCUT2D eigenvalue weighted by Gasteiger charge is 2.34. The van der Waals surface area contributed by atoms with Crippen molar-refractivity contribution in [3.05, 3.63) is 47.3 Å². The first kappa shape index (κ1) is 14.8. The van der Waals surface area contributed by atoms with Crippen LogP contribution in [-0.4, -0.2) is 15.6 Å². The second kappa shape index (κ2) is 4.69. The van der Waals surface area contributed by atoms with E-state index >= 15 is 0 Å². The molecule has 0 aliphatic heterocycles. The molecule has 22 heavy (non-hydrogen) atoms. The second-order valence-electron chi connectivity index (χ2n) is 6.40. The topological polar surface area (TPSA) is 34.9 Å². The number of hydrogen-bond acceptors (Lipinski definition) is 2. The first-order chi connectivity index (χ1) is 10.2. The molecule has 0 spiro atoms. The molecule has 1 aliphatic rings. The minimum Gasteiger partial charge on any atom is -0.294 e. The van der Waals surface area contributed by atoms with Gasteiger partial charge in [-0.05, 0) is 36.1 Å². The quantitative estimate of drug-likeness (QED) is 0.796. The minimum absolute atomic E-state index is 0.0319. The monoisotopic (exact) mass is 308 g/mol. The molecule has 6 heteroatoms. The number of benzene rings is 1. The van der Waals surface area contributed by atoms with E-state index in [4.69, 9.17) is 0 Å². The maximum Gasteiger partial charge on any atom is 0.416 e. The van der Waals surface area contributed by atoms with Crippen LogP contribution < -0.4 is 0 Å². The maximum atomic E-state index is 12.6. The van der Waals surface area contributed by atoms with Crippen molar-refractivity contribution < 1.29 is 18.0 Å². The largest absolute Gasteiger partial charge is 0.416 e. The van der Waals surface area contributed by atoms with Gasteiger partial charge in [-0.3, -0.25) is 4.79 Å². The van der Waals surface area contributed by atoms with Crippen molar-refractivity contribution in [2.45, 2.75) is 32.9 Å². The molecule has 1 aliphatic carbocycles. The van der Waals surface area contributed by atoms with E-state index in [-0.39, 0.29) is 11.2 Å². The molecular formula is C16H15F3N2O. The second-order valence-corrected chi connectivity index (χ2v) is 6.40. The van der Waals surface area contributed by atoms with Gasteiger partial charge in [0.15, 0.2) is 5.78 Å². The highest BCUT2D eigenvalue weighted by molar-refractivity contribution is 5.98. The molecule has 0 amide bonds. The van der Waals surface area contributed by atoms with Crippen molar-refractivity contribution >= 4 is 5.78 Å². The zero-order valence-electron chi connectivity index (χ0n) is 12.2. The molecule has 0 saturated carbocycles. The van der Waals surface area contributed by atoms with E-state index in [0.717, 1.165) is 17.8 Å². The normalized spacial score (nSPS) is 17.4. The number of aromatic nitrogens is 2. The number of carbonyl (C=O) groups excluding carboxylic acids is 1.